The molecule has 7 heteroatoms. The van der Waals surface area contributed by atoms with Gasteiger partial charge in [-0.15, -0.1) is 5.10 Å². The number of aryl methyl sites for hydroxylation is 1. The van der Waals surface area contributed by atoms with Crippen molar-refractivity contribution in [1.82, 2.24) is 15.2 Å². The molecule has 1 amide bonds. The van der Waals surface area contributed by atoms with E-state index < -0.39 is 5.91 Å². The molecule has 7 nitrogen and oxygen atoms in total. The highest BCUT2D eigenvalue weighted by molar-refractivity contribution is 6.02. The Kier molecular flexibility index (Phi) is 2.65. The maximum absolute atomic E-state index is 11.7. The quantitative estimate of drug-likeness (QED) is 0.568. The SMILES string of the molecule is Cc1cc(O)ccc1NC(=O)c1nc(N)n[nH]1. The number of phenols is 1. The third-order valence-electron chi connectivity index (χ3n) is 2.18. The van der Waals surface area contributed by atoms with Crippen molar-refractivity contribution in [2.24, 2.45) is 0 Å². The third-order valence-corrected chi connectivity index (χ3v) is 2.18. The van der Waals surface area contributed by atoms with Crippen LogP contribution in [0, 0.1) is 6.92 Å². The maximum atomic E-state index is 11.7. The predicted molar refractivity (Wildman–Crippen MR) is 61.6 cm³/mol. The van der Waals surface area contributed by atoms with Crippen molar-refractivity contribution >= 4 is 17.5 Å². The molecule has 0 atom stereocenters. The first-order chi connectivity index (χ1) is 8.06. The molecule has 0 saturated heterocycles. The summed E-state index contributed by atoms with van der Waals surface area (Å²) in [5.41, 5.74) is 6.62. The number of aromatic amines is 1. The second-order valence-electron chi connectivity index (χ2n) is 3.50. The van der Waals surface area contributed by atoms with Crippen molar-refractivity contribution in [2.45, 2.75) is 6.92 Å². The summed E-state index contributed by atoms with van der Waals surface area (Å²) in [6.07, 6.45) is 0. The van der Waals surface area contributed by atoms with Crippen LogP contribution in [0.4, 0.5) is 11.6 Å². The summed E-state index contributed by atoms with van der Waals surface area (Å²) in [6, 6.07) is 4.63. The van der Waals surface area contributed by atoms with Gasteiger partial charge in [-0.3, -0.25) is 9.89 Å². The van der Waals surface area contributed by atoms with Gasteiger partial charge in [-0.1, -0.05) is 0 Å². The second-order valence-corrected chi connectivity index (χ2v) is 3.50. The lowest BCUT2D eigenvalue weighted by atomic mass is 10.2. The summed E-state index contributed by atoms with van der Waals surface area (Å²) in [7, 11) is 0. The van der Waals surface area contributed by atoms with Gasteiger partial charge in [-0.05, 0) is 30.7 Å². The topological polar surface area (TPSA) is 117 Å². The Morgan fingerprint density at radius 2 is 2.29 bits per heavy atom. The molecule has 0 bridgehead atoms. The fourth-order valence-electron chi connectivity index (χ4n) is 1.35. The number of H-pyrrole nitrogens is 1. The number of nitrogens with zero attached hydrogens (tertiary/aromatic N) is 2. The Labute approximate surface area is 96.7 Å². The van der Waals surface area contributed by atoms with Crippen molar-refractivity contribution in [3.05, 3.63) is 29.6 Å². The Bertz CT molecular complexity index is 564. The molecule has 0 fully saturated rings. The number of aromatic nitrogens is 3. The van der Waals surface area contributed by atoms with E-state index in [-0.39, 0.29) is 17.5 Å². The highest BCUT2D eigenvalue weighted by Crippen LogP contribution is 2.20. The Morgan fingerprint density at radius 3 is 2.88 bits per heavy atom. The number of hydrogen-bond donors (Lipinski definition) is 4. The number of nitrogens with two attached hydrogens (primary N) is 1. The summed E-state index contributed by atoms with van der Waals surface area (Å²) in [6.45, 7) is 1.77. The van der Waals surface area contributed by atoms with Crippen molar-refractivity contribution < 1.29 is 9.90 Å². The Hall–Kier alpha value is -2.57. The van der Waals surface area contributed by atoms with Gasteiger partial charge < -0.3 is 16.2 Å². The van der Waals surface area contributed by atoms with E-state index in [1.165, 1.54) is 6.07 Å². The van der Waals surface area contributed by atoms with E-state index in [1.54, 1.807) is 19.1 Å². The van der Waals surface area contributed by atoms with Gasteiger partial charge in [0.2, 0.25) is 11.8 Å². The molecule has 0 aliphatic heterocycles. The number of aromatic hydroxyl groups is 1. The smallest absolute Gasteiger partial charge is 0.293 e. The molecular formula is C10H11N5O2. The number of carbonyl (C=O) groups is 1. The maximum Gasteiger partial charge on any atom is 0.293 e. The number of nitrogens with one attached hydrogen (secondary N) is 2. The van der Waals surface area contributed by atoms with Gasteiger partial charge in [-0.25, -0.2) is 0 Å². The molecule has 1 aromatic carbocycles. The van der Waals surface area contributed by atoms with Crippen LogP contribution >= 0.6 is 0 Å². The van der Waals surface area contributed by atoms with Crippen LogP contribution in [0.3, 0.4) is 0 Å². The third kappa shape index (κ3) is 2.33. The van der Waals surface area contributed by atoms with E-state index in [4.69, 9.17) is 5.73 Å². The van der Waals surface area contributed by atoms with Crippen LogP contribution < -0.4 is 11.1 Å². The number of hydrogen-bond acceptors (Lipinski definition) is 5. The number of carbonyl (C=O) groups excluding carboxylic acids is 1. The van der Waals surface area contributed by atoms with E-state index in [0.717, 1.165) is 5.56 Å². The molecule has 2 rings (SSSR count). The highest BCUT2D eigenvalue weighted by atomic mass is 16.3. The minimum absolute atomic E-state index is 0.0116. The summed E-state index contributed by atoms with van der Waals surface area (Å²) >= 11 is 0. The molecule has 0 unspecified atom stereocenters. The minimum atomic E-state index is -0.442. The predicted octanol–water partition coefficient (Wildman–Crippen LogP) is 0.653. The number of phenolic OH excluding ortho intramolecular Hbond substituents is 1. The Morgan fingerprint density at radius 1 is 1.53 bits per heavy atom. The molecular weight excluding hydrogens is 222 g/mol. The first-order valence-electron chi connectivity index (χ1n) is 4.85. The van der Waals surface area contributed by atoms with Gasteiger partial charge in [0, 0.05) is 5.69 Å². The molecule has 0 aliphatic carbocycles. The first kappa shape index (κ1) is 10.9. The van der Waals surface area contributed by atoms with E-state index in [9.17, 15) is 9.90 Å². The van der Waals surface area contributed by atoms with Crippen LogP contribution in [0.25, 0.3) is 0 Å². The molecule has 0 aliphatic rings. The van der Waals surface area contributed by atoms with Crippen LogP contribution in [-0.4, -0.2) is 26.2 Å². The van der Waals surface area contributed by atoms with E-state index in [2.05, 4.69) is 20.5 Å². The van der Waals surface area contributed by atoms with Gasteiger partial charge in [0.1, 0.15) is 5.75 Å². The fraction of sp³-hybridized carbons (Fsp3) is 0.100. The Balaban J connectivity index is 2.18. The molecule has 17 heavy (non-hydrogen) atoms. The second kappa shape index (κ2) is 4.12. The van der Waals surface area contributed by atoms with Gasteiger partial charge in [-0.2, -0.15) is 4.98 Å². The highest BCUT2D eigenvalue weighted by Gasteiger charge is 2.11. The van der Waals surface area contributed by atoms with E-state index in [1.807, 2.05) is 0 Å². The standard InChI is InChI=1S/C10H11N5O2/c1-5-4-6(16)2-3-7(5)12-9(17)8-13-10(11)15-14-8/h2-4,16H,1H3,(H,12,17)(H3,11,13,14,15). The van der Waals surface area contributed by atoms with Crippen LogP contribution in [0.5, 0.6) is 5.75 Å². The zero-order valence-corrected chi connectivity index (χ0v) is 9.06. The molecule has 0 saturated carbocycles. The lowest BCUT2D eigenvalue weighted by molar-refractivity contribution is 0.101. The fourth-order valence-corrected chi connectivity index (χ4v) is 1.35. The zero-order valence-electron chi connectivity index (χ0n) is 9.06. The lowest BCUT2D eigenvalue weighted by Crippen LogP contribution is -2.14. The first-order valence-corrected chi connectivity index (χ1v) is 4.85. The summed E-state index contributed by atoms with van der Waals surface area (Å²) < 4.78 is 0. The largest absolute Gasteiger partial charge is 0.508 e. The minimum Gasteiger partial charge on any atom is -0.508 e. The summed E-state index contributed by atoms with van der Waals surface area (Å²) in [5.74, 6) is -0.250. The van der Waals surface area contributed by atoms with E-state index >= 15 is 0 Å². The van der Waals surface area contributed by atoms with Crippen LogP contribution in [0.15, 0.2) is 18.2 Å². The molecule has 1 aromatic heterocycles. The van der Waals surface area contributed by atoms with Gasteiger partial charge in [0.15, 0.2) is 0 Å². The van der Waals surface area contributed by atoms with E-state index in [0.29, 0.717) is 5.69 Å². The summed E-state index contributed by atoms with van der Waals surface area (Å²) in [4.78, 5) is 15.4. The van der Waals surface area contributed by atoms with Crippen molar-refractivity contribution in [3.8, 4) is 5.75 Å². The van der Waals surface area contributed by atoms with Gasteiger partial charge >= 0.3 is 0 Å². The zero-order chi connectivity index (χ0) is 12.4. The average Bonchev–Trinajstić information content (AvgIpc) is 2.69. The number of nitrogen functional groups attached to an aromatic ring is 1. The summed E-state index contributed by atoms with van der Waals surface area (Å²) in [5, 5.41) is 17.8. The molecule has 88 valence electrons. The van der Waals surface area contributed by atoms with Crippen LogP contribution in [-0.2, 0) is 0 Å². The number of anilines is 2. The molecule has 0 radical (unpaired) electrons. The van der Waals surface area contributed by atoms with Gasteiger partial charge in [0.05, 0.1) is 0 Å². The van der Waals surface area contributed by atoms with Crippen molar-refractivity contribution in [1.29, 1.82) is 0 Å². The van der Waals surface area contributed by atoms with Crippen molar-refractivity contribution in [2.75, 3.05) is 11.1 Å². The average molecular weight is 233 g/mol. The number of rotatable bonds is 2. The molecule has 0 spiro atoms. The number of benzene rings is 1. The normalized spacial score (nSPS) is 10.2. The van der Waals surface area contributed by atoms with Gasteiger partial charge in [0.25, 0.3) is 5.91 Å². The van der Waals surface area contributed by atoms with Crippen LogP contribution in [0.2, 0.25) is 0 Å². The van der Waals surface area contributed by atoms with Crippen molar-refractivity contribution in [3.63, 3.8) is 0 Å². The number of amides is 1. The monoisotopic (exact) mass is 233 g/mol. The lowest BCUT2D eigenvalue weighted by Gasteiger charge is -2.06. The molecule has 5 N–H and O–H groups in total. The molecule has 2 aromatic rings. The molecule has 1 heterocycles. The van der Waals surface area contributed by atoms with Crippen LogP contribution in [0.1, 0.15) is 16.2 Å².